The number of hydrogen-bond donors (Lipinski definition) is 6. The van der Waals surface area contributed by atoms with Crippen LogP contribution in [0.2, 0.25) is 0 Å². The van der Waals surface area contributed by atoms with Crippen LogP contribution >= 0.6 is 0 Å². The van der Waals surface area contributed by atoms with Gasteiger partial charge in [-0.25, -0.2) is 4.79 Å². The van der Waals surface area contributed by atoms with Gasteiger partial charge < -0.3 is 54.4 Å². The number of methoxy groups -OCH3 is 2. The molecule has 4 bridgehead atoms. The van der Waals surface area contributed by atoms with Crippen molar-refractivity contribution >= 4 is 11.9 Å². The van der Waals surface area contributed by atoms with Crippen molar-refractivity contribution in [3.05, 3.63) is 62.7 Å². The maximum absolute atomic E-state index is 14.6. The number of aryl methyl sites for hydroxylation is 1. The Morgan fingerprint density at radius 1 is 0.981 bits per heavy atom. The zero-order valence-electron chi connectivity index (χ0n) is 30.0. The van der Waals surface area contributed by atoms with E-state index in [1.165, 1.54) is 21.1 Å². The highest BCUT2D eigenvalue weighted by molar-refractivity contribution is 5.85. The van der Waals surface area contributed by atoms with E-state index in [0.717, 1.165) is 16.7 Å². The summed E-state index contributed by atoms with van der Waals surface area (Å²) in [5.41, 5.74) is 3.93. The van der Waals surface area contributed by atoms with E-state index >= 15 is 0 Å². The smallest absolute Gasteiger partial charge is 0.332 e. The number of nitrogens with zero attached hydrogens (tertiary/aromatic N) is 1. The van der Waals surface area contributed by atoms with Crippen LogP contribution in [0.25, 0.3) is 0 Å². The molecule has 0 radical (unpaired) electrons. The number of aliphatic hydroxyl groups is 1. The lowest BCUT2D eigenvalue weighted by Gasteiger charge is -2.59. The second kappa shape index (κ2) is 12.1. The van der Waals surface area contributed by atoms with Crippen LogP contribution in [0, 0.1) is 13.8 Å². The lowest BCUT2D eigenvalue weighted by Crippen LogP contribution is -2.72. The summed E-state index contributed by atoms with van der Waals surface area (Å²) in [6.07, 6.45) is -0.126. The fourth-order valence-electron chi connectivity index (χ4n) is 9.79. The van der Waals surface area contributed by atoms with Crippen molar-refractivity contribution < 1.29 is 53.3 Å². The summed E-state index contributed by atoms with van der Waals surface area (Å²) in [5, 5.41) is 45.7. The van der Waals surface area contributed by atoms with Crippen LogP contribution in [0.4, 0.5) is 0 Å². The number of carbonyl (C=O) groups excluding carboxylic acids is 2. The molecule has 2 saturated heterocycles. The highest BCUT2D eigenvalue weighted by Crippen LogP contribution is 2.60. The fraction of sp³-hybridized carbons (Fsp3) is 0.474. The first-order chi connectivity index (χ1) is 25.5. The van der Waals surface area contributed by atoms with Gasteiger partial charge in [-0.05, 0) is 61.1 Å². The predicted molar refractivity (Wildman–Crippen MR) is 185 cm³/mol. The third-order valence-electron chi connectivity index (χ3n) is 11.9. The summed E-state index contributed by atoms with van der Waals surface area (Å²) >= 11 is 0. The largest absolute Gasteiger partial charge is 0.504 e. The standard InChI is InChI=1S/C38H42N4O11/c1-15-8-19-9-21-36(46)42-22-12-50-37(47)38(20-11-24(48-4)23(44)10-18(20)6-7-40-38)13-39-28(30(42)29(41-21)25(19)31(45)32(15)49-5)27-26(22)35-34(51-14-52-35)16(2)33(27)53-17(3)43/h8,10-11,21-22,28-30,36,39-41,44-46H,6-7,9,12-14H2,1-5H3/t21-,22+,28-,29+,30+,36+,38?/m1/s1. The summed E-state index contributed by atoms with van der Waals surface area (Å²) in [6.45, 7) is 5.10. The van der Waals surface area contributed by atoms with E-state index in [-0.39, 0.29) is 42.9 Å². The fourth-order valence-corrected chi connectivity index (χ4v) is 9.79. The van der Waals surface area contributed by atoms with Crippen LogP contribution in [-0.4, -0.2) is 91.2 Å². The molecule has 2 fully saturated rings. The lowest BCUT2D eigenvalue weighted by molar-refractivity contribution is -0.171. The van der Waals surface area contributed by atoms with Gasteiger partial charge in [0.2, 0.25) is 6.79 Å². The minimum atomic E-state index is -1.43. The van der Waals surface area contributed by atoms with Crippen LogP contribution in [-0.2, 0) is 32.7 Å². The molecule has 0 amide bonds. The van der Waals surface area contributed by atoms with E-state index in [9.17, 15) is 24.9 Å². The number of nitrogens with one attached hydrogen (secondary N) is 3. The monoisotopic (exact) mass is 730 g/mol. The third kappa shape index (κ3) is 4.70. The van der Waals surface area contributed by atoms with Gasteiger partial charge >= 0.3 is 11.9 Å². The summed E-state index contributed by atoms with van der Waals surface area (Å²) in [4.78, 5) is 29.4. The number of fused-ring (bicyclic) bond motifs is 9. The van der Waals surface area contributed by atoms with E-state index in [4.69, 9.17) is 28.4 Å². The molecule has 3 aromatic rings. The quantitative estimate of drug-likeness (QED) is 0.169. The van der Waals surface area contributed by atoms with Crippen molar-refractivity contribution in [2.75, 3.05) is 40.7 Å². The number of carbonyl (C=O) groups is 2. The minimum absolute atomic E-state index is 0.00253. The molecule has 280 valence electrons. The Balaban J connectivity index is 1.31. The number of phenolic OH excluding ortho intramolecular Hbond substituents is 2. The van der Waals surface area contributed by atoms with Crippen molar-refractivity contribution in [1.82, 2.24) is 20.9 Å². The zero-order valence-corrected chi connectivity index (χ0v) is 30.0. The lowest BCUT2D eigenvalue weighted by atomic mass is 9.71. The van der Waals surface area contributed by atoms with Crippen LogP contribution in [0.3, 0.4) is 0 Å². The Kier molecular flexibility index (Phi) is 7.77. The number of aromatic hydroxyl groups is 2. The molecule has 7 atom stereocenters. The van der Waals surface area contributed by atoms with Crippen LogP contribution in [0.5, 0.6) is 40.2 Å². The first-order valence-electron chi connectivity index (χ1n) is 17.8. The molecule has 0 saturated carbocycles. The maximum atomic E-state index is 14.6. The summed E-state index contributed by atoms with van der Waals surface area (Å²) in [7, 11) is 2.96. The first kappa shape index (κ1) is 34.0. The Hall–Kier alpha value is -4.80. The van der Waals surface area contributed by atoms with Gasteiger partial charge in [-0.2, -0.15) is 0 Å². The number of aliphatic hydroxyl groups excluding tert-OH is 1. The van der Waals surface area contributed by atoms with E-state index in [2.05, 4.69) is 16.0 Å². The second-order valence-corrected chi connectivity index (χ2v) is 14.6. The van der Waals surface area contributed by atoms with Gasteiger partial charge in [-0.15, -0.1) is 0 Å². The molecule has 7 aliphatic heterocycles. The summed E-state index contributed by atoms with van der Waals surface area (Å²) in [6, 6.07) is 2.01. The zero-order chi connectivity index (χ0) is 37.1. The molecular formula is C38H42N4O11. The SMILES string of the molecule is COc1cc2c(cc1O)CCNC21CN[C@@H]2c3c(OC(C)=O)c(C)c4c(c3[C@H](COC1=O)N1[C@@H]2[C@H]2N[C@H](Cc3cc(C)c(OC)c(O)c32)[C@@H]1O)OCO4. The van der Waals surface area contributed by atoms with Gasteiger partial charge in [-0.3, -0.25) is 15.0 Å². The molecule has 1 spiro atoms. The highest BCUT2D eigenvalue weighted by atomic mass is 16.7. The molecule has 10 rings (SSSR count). The Bertz CT molecular complexity index is 2090. The van der Waals surface area contributed by atoms with Crippen LogP contribution in [0.15, 0.2) is 18.2 Å². The maximum Gasteiger partial charge on any atom is 0.332 e. The van der Waals surface area contributed by atoms with Gasteiger partial charge in [0.1, 0.15) is 18.6 Å². The molecule has 6 N–H and O–H groups in total. The molecule has 0 aliphatic carbocycles. The molecule has 7 heterocycles. The number of benzene rings is 3. The third-order valence-corrected chi connectivity index (χ3v) is 11.9. The molecule has 0 aromatic heterocycles. The minimum Gasteiger partial charge on any atom is -0.504 e. The van der Waals surface area contributed by atoms with Crippen molar-refractivity contribution in [2.24, 2.45) is 0 Å². The van der Waals surface area contributed by atoms with Gasteiger partial charge in [0.05, 0.1) is 44.4 Å². The number of ether oxygens (including phenoxy) is 6. The molecule has 15 nitrogen and oxygen atoms in total. The van der Waals surface area contributed by atoms with Crippen molar-refractivity contribution in [3.8, 4) is 40.2 Å². The van der Waals surface area contributed by atoms with Crippen LogP contribution in [0.1, 0.15) is 69.6 Å². The molecular weight excluding hydrogens is 688 g/mol. The number of hydrogen-bond acceptors (Lipinski definition) is 15. The van der Waals surface area contributed by atoms with Crippen molar-refractivity contribution in [2.45, 2.75) is 75.6 Å². The predicted octanol–water partition coefficient (Wildman–Crippen LogP) is 1.93. The van der Waals surface area contributed by atoms with E-state index < -0.39 is 53.9 Å². The van der Waals surface area contributed by atoms with Crippen LogP contribution < -0.4 is 39.6 Å². The number of piperazine rings is 1. The first-order valence-corrected chi connectivity index (χ1v) is 17.8. The average Bonchev–Trinajstić information content (AvgIpc) is 3.63. The molecule has 15 heteroatoms. The topological polar surface area (TPSA) is 190 Å². The van der Waals surface area contributed by atoms with Gasteiger partial charge in [0, 0.05) is 42.3 Å². The van der Waals surface area contributed by atoms with Crippen molar-refractivity contribution in [1.29, 1.82) is 0 Å². The summed E-state index contributed by atoms with van der Waals surface area (Å²) in [5.74, 6) is 0.538. The van der Waals surface area contributed by atoms with Crippen molar-refractivity contribution in [3.63, 3.8) is 0 Å². The second-order valence-electron chi connectivity index (χ2n) is 14.6. The molecule has 3 aromatic carbocycles. The highest BCUT2D eigenvalue weighted by Gasteiger charge is 2.59. The number of phenols is 2. The molecule has 53 heavy (non-hydrogen) atoms. The Labute approximate surface area is 305 Å². The number of esters is 2. The molecule has 1 unspecified atom stereocenters. The number of rotatable bonds is 3. The van der Waals surface area contributed by atoms with E-state index in [1.807, 2.05) is 17.9 Å². The molecule has 7 aliphatic rings. The Morgan fingerprint density at radius 2 is 1.77 bits per heavy atom. The van der Waals surface area contributed by atoms with E-state index in [0.29, 0.717) is 64.5 Å². The summed E-state index contributed by atoms with van der Waals surface area (Å²) < 4.78 is 35.6. The van der Waals surface area contributed by atoms with Gasteiger partial charge in [0.15, 0.2) is 40.0 Å². The Morgan fingerprint density at radius 3 is 2.53 bits per heavy atom. The van der Waals surface area contributed by atoms with Gasteiger partial charge in [0.25, 0.3) is 0 Å². The van der Waals surface area contributed by atoms with E-state index in [1.54, 1.807) is 19.1 Å². The normalized spacial score (nSPS) is 29.4. The van der Waals surface area contributed by atoms with Gasteiger partial charge in [-0.1, -0.05) is 6.07 Å². The average molecular weight is 731 g/mol.